The number of benzene rings is 1. The van der Waals surface area contributed by atoms with Crippen LogP contribution in [0, 0.1) is 5.92 Å². The molecule has 0 fully saturated rings. The summed E-state index contributed by atoms with van der Waals surface area (Å²) in [4.78, 5) is 0.0792. The quantitative estimate of drug-likeness (QED) is 0.664. The fraction of sp³-hybridized carbons (Fsp3) is 0.500. The van der Waals surface area contributed by atoms with Crippen molar-refractivity contribution in [2.24, 2.45) is 5.92 Å². The third kappa shape index (κ3) is 3.82. The lowest BCUT2D eigenvalue weighted by molar-refractivity contribution is 0.216. The second-order valence-electron chi connectivity index (χ2n) is 4.47. The van der Waals surface area contributed by atoms with Gasteiger partial charge in [0.1, 0.15) is 5.75 Å². The average molecular weight is 288 g/mol. The highest BCUT2D eigenvalue weighted by Crippen LogP contribution is 2.24. The topological polar surface area (TPSA) is 102 Å². The van der Waals surface area contributed by atoms with E-state index in [4.69, 9.17) is 15.6 Å². The van der Waals surface area contributed by atoms with Gasteiger partial charge in [-0.15, -0.1) is 0 Å². The molecule has 0 aliphatic heterocycles. The second-order valence-corrected chi connectivity index (χ2v) is 6.19. The van der Waals surface area contributed by atoms with Crippen molar-refractivity contribution in [2.75, 3.05) is 19.5 Å². The highest BCUT2D eigenvalue weighted by molar-refractivity contribution is 7.89. The summed E-state index contributed by atoms with van der Waals surface area (Å²) in [7, 11) is -2.24. The molecule has 0 spiro atoms. The molecule has 0 heterocycles. The molecule has 0 aliphatic carbocycles. The van der Waals surface area contributed by atoms with Gasteiger partial charge in [-0.1, -0.05) is 6.92 Å². The van der Waals surface area contributed by atoms with Crippen LogP contribution < -0.4 is 15.2 Å². The molecule has 0 aliphatic rings. The molecule has 0 radical (unpaired) electrons. The van der Waals surface area contributed by atoms with Crippen LogP contribution in [-0.2, 0) is 10.0 Å². The number of aliphatic hydroxyl groups excluding tert-OH is 1. The molecule has 0 amide bonds. The number of methoxy groups -OCH3 is 1. The minimum atomic E-state index is -3.66. The predicted octanol–water partition coefficient (Wildman–Crippen LogP) is 0.573. The molecular formula is C12H20N2O4S. The van der Waals surface area contributed by atoms with E-state index in [1.165, 1.54) is 25.3 Å². The van der Waals surface area contributed by atoms with E-state index in [2.05, 4.69) is 4.72 Å². The molecule has 6 nitrogen and oxygen atoms in total. The molecule has 0 saturated carbocycles. The van der Waals surface area contributed by atoms with Crippen LogP contribution in [0.1, 0.15) is 13.8 Å². The number of nitrogen functional groups attached to an aromatic ring is 1. The molecule has 1 rings (SSSR count). The third-order valence-corrected chi connectivity index (χ3v) is 4.55. The van der Waals surface area contributed by atoms with E-state index in [0.717, 1.165) is 0 Å². The van der Waals surface area contributed by atoms with E-state index in [9.17, 15) is 8.42 Å². The zero-order chi connectivity index (χ0) is 14.6. The summed E-state index contributed by atoms with van der Waals surface area (Å²) in [6, 6.07) is 3.89. The zero-order valence-corrected chi connectivity index (χ0v) is 12.1. The number of aliphatic hydroxyl groups is 1. The van der Waals surface area contributed by atoms with Gasteiger partial charge in [0.05, 0.1) is 17.7 Å². The lowest BCUT2D eigenvalue weighted by Crippen LogP contribution is -2.38. The van der Waals surface area contributed by atoms with Crippen LogP contribution in [0.15, 0.2) is 23.1 Å². The van der Waals surface area contributed by atoms with Crippen molar-refractivity contribution in [3.8, 4) is 5.75 Å². The van der Waals surface area contributed by atoms with Crippen LogP contribution in [-0.4, -0.2) is 33.3 Å². The van der Waals surface area contributed by atoms with Gasteiger partial charge in [0.25, 0.3) is 0 Å². The number of sulfonamides is 1. The number of nitrogens with one attached hydrogen (secondary N) is 1. The van der Waals surface area contributed by atoms with Gasteiger partial charge in [0.2, 0.25) is 10.0 Å². The van der Waals surface area contributed by atoms with Crippen LogP contribution in [0.5, 0.6) is 5.75 Å². The van der Waals surface area contributed by atoms with Gasteiger partial charge in [-0.3, -0.25) is 0 Å². The second kappa shape index (κ2) is 6.23. The number of anilines is 1. The summed E-state index contributed by atoms with van der Waals surface area (Å²) in [5.74, 6) is 0.135. The Hall–Kier alpha value is -1.31. The number of ether oxygens (including phenoxy) is 1. The van der Waals surface area contributed by atoms with Gasteiger partial charge in [0, 0.05) is 18.7 Å². The minimum Gasteiger partial charge on any atom is -0.495 e. The van der Waals surface area contributed by atoms with Gasteiger partial charge in [-0.25, -0.2) is 13.1 Å². The van der Waals surface area contributed by atoms with Crippen molar-refractivity contribution in [3.05, 3.63) is 18.2 Å². The summed E-state index contributed by atoms with van der Waals surface area (Å²) < 4.78 is 31.8. The van der Waals surface area contributed by atoms with Gasteiger partial charge in [-0.2, -0.15) is 0 Å². The van der Waals surface area contributed by atoms with Crippen molar-refractivity contribution in [1.29, 1.82) is 0 Å². The number of rotatable bonds is 6. The van der Waals surface area contributed by atoms with Gasteiger partial charge in [0.15, 0.2) is 0 Å². The Morgan fingerprint density at radius 3 is 2.58 bits per heavy atom. The molecule has 4 N–H and O–H groups in total. The molecule has 1 aromatic carbocycles. The van der Waals surface area contributed by atoms with E-state index in [0.29, 0.717) is 11.4 Å². The lowest BCUT2D eigenvalue weighted by Gasteiger charge is -2.19. The molecule has 1 aromatic rings. The minimum absolute atomic E-state index is 0.0792. The Balaban J connectivity index is 3.01. The summed E-state index contributed by atoms with van der Waals surface area (Å²) in [6.07, 6.45) is 0. The molecular weight excluding hydrogens is 268 g/mol. The first-order chi connectivity index (χ1) is 8.81. The maximum absolute atomic E-state index is 12.2. The van der Waals surface area contributed by atoms with E-state index in [-0.39, 0.29) is 23.5 Å². The Labute approximate surface area is 113 Å². The molecule has 2 atom stereocenters. The Bertz CT molecular complexity index is 531. The van der Waals surface area contributed by atoms with Crippen molar-refractivity contribution in [1.82, 2.24) is 4.72 Å². The van der Waals surface area contributed by atoms with E-state index >= 15 is 0 Å². The summed E-state index contributed by atoms with van der Waals surface area (Å²) in [5.41, 5.74) is 6.01. The number of hydrogen-bond donors (Lipinski definition) is 3. The highest BCUT2D eigenvalue weighted by atomic mass is 32.2. The van der Waals surface area contributed by atoms with Crippen LogP contribution in [0.2, 0.25) is 0 Å². The predicted molar refractivity (Wildman–Crippen MR) is 73.4 cm³/mol. The first-order valence-electron chi connectivity index (χ1n) is 5.88. The van der Waals surface area contributed by atoms with Crippen LogP contribution in [0.25, 0.3) is 0 Å². The zero-order valence-electron chi connectivity index (χ0n) is 11.3. The van der Waals surface area contributed by atoms with Gasteiger partial charge >= 0.3 is 0 Å². The van der Waals surface area contributed by atoms with Crippen molar-refractivity contribution >= 4 is 15.7 Å². The van der Waals surface area contributed by atoms with Crippen LogP contribution >= 0.6 is 0 Å². The summed E-state index contributed by atoms with van der Waals surface area (Å²) in [5, 5.41) is 9.02. The average Bonchev–Trinajstić information content (AvgIpc) is 2.37. The van der Waals surface area contributed by atoms with Crippen molar-refractivity contribution in [3.63, 3.8) is 0 Å². The van der Waals surface area contributed by atoms with E-state index in [1.54, 1.807) is 13.8 Å². The molecule has 0 aromatic heterocycles. The largest absolute Gasteiger partial charge is 0.495 e. The summed E-state index contributed by atoms with van der Waals surface area (Å²) >= 11 is 0. The first kappa shape index (κ1) is 15.7. The standard InChI is InChI=1S/C12H20N2O4S/c1-8(7-15)9(2)14-19(16,17)10-4-5-11(13)12(6-10)18-3/h4-6,8-9,14-15H,7,13H2,1-3H3. The third-order valence-electron chi connectivity index (χ3n) is 3.00. The Kier molecular flexibility index (Phi) is 5.16. The number of nitrogens with two attached hydrogens (primary N) is 1. The molecule has 0 bridgehead atoms. The van der Waals surface area contributed by atoms with E-state index < -0.39 is 10.0 Å². The van der Waals surface area contributed by atoms with Crippen LogP contribution in [0.4, 0.5) is 5.69 Å². The fourth-order valence-corrected chi connectivity index (χ4v) is 2.81. The molecule has 19 heavy (non-hydrogen) atoms. The monoisotopic (exact) mass is 288 g/mol. The number of hydrogen-bond acceptors (Lipinski definition) is 5. The Morgan fingerprint density at radius 1 is 1.42 bits per heavy atom. The van der Waals surface area contributed by atoms with Crippen LogP contribution in [0.3, 0.4) is 0 Å². The maximum Gasteiger partial charge on any atom is 0.240 e. The highest BCUT2D eigenvalue weighted by Gasteiger charge is 2.21. The van der Waals surface area contributed by atoms with Gasteiger partial charge < -0.3 is 15.6 Å². The van der Waals surface area contributed by atoms with Gasteiger partial charge in [-0.05, 0) is 25.0 Å². The van der Waals surface area contributed by atoms with Crippen molar-refractivity contribution in [2.45, 2.75) is 24.8 Å². The summed E-state index contributed by atoms with van der Waals surface area (Å²) in [6.45, 7) is 3.37. The fourth-order valence-electron chi connectivity index (χ4n) is 1.45. The molecule has 2 unspecified atom stereocenters. The Morgan fingerprint density at radius 2 is 2.05 bits per heavy atom. The van der Waals surface area contributed by atoms with E-state index in [1.807, 2.05) is 0 Å². The SMILES string of the molecule is COc1cc(S(=O)(=O)NC(C)C(C)CO)ccc1N. The normalized spacial score (nSPS) is 14.9. The lowest BCUT2D eigenvalue weighted by atomic mass is 10.1. The molecule has 7 heteroatoms. The smallest absolute Gasteiger partial charge is 0.240 e. The van der Waals surface area contributed by atoms with Crippen molar-refractivity contribution < 1.29 is 18.3 Å². The first-order valence-corrected chi connectivity index (χ1v) is 7.37. The maximum atomic E-state index is 12.2. The molecule has 0 saturated heterocycles. The molecule has 108 valence electrons.